The molecule has 2 aliphatic rings. The van der Waals surface area contributed by atoms with Crippen molar-refractivity contribution in [3.8, 4) is 5.75 Å². The highest BCUT2D eigenvalue weighted by molar-refractivity contribution is 5.27. The Labute approximate surface area is 154 Å². The van der Waals surface area contributed by atoms with E-state index in [1.807, 2.05) is 35.3 Å². The van der Waals surface area contributed by atoms with Gasteiger partial charge in [0.1, 0.15) is 11.4 Å². The Hall–Kier alpha value is -1.89. The minimum Gasteiger partial charge on any atom is -0.497 e. The molecule has 0 saturated carbocycles. The summed E-state index contributed by atoms with van der Waals surface area (Å²) in [7, 11) is 1.70. The molecule has 6 nitrogen and oxygen atoms in total. The summed E-state index contributed by atoms with van der Waals surface area (Å²) in [4.78, 5) is 2.45. The monoisotopic (exact) mass is 357 g/mol. The third-order valence-electron chi connectivity index (χ3n) is 5.28. The molecule has 0 aliphatic carbocycles. The van der Waals surface area contributed by atoms with E-state index in [-0.39, 0.29) is 11.7 Å². The van der Waals surface area contributed by atoms with Gasteiger partial charge in [-0.25, -0.2) is 0 Å². The highest BCUT2D eigenvalue weighted by Gasteiger charge is 2.43. The minimum absolute atomic E-state index is 0.194. The number of nitrogens with zero attached hydrogens (tertiary/aromatic N) is 3. The Bertz CT molecular complexity index is 689. The highest BCUT2D eigenvalue weighted by atomic mass is 16.6. The van der Waals surface area contributed by atoms with Crippen LogP contribution in [-0.4, -0.2) is 59.8 Å². The SMILES string of the molecule is COc1ccc(CN2CCOC[C@@]3(CC[C@H](Cn4cccn4)O3)C2)cc1. The molecular formula is C20H27N3O3. The van der Waals surface area contributed by atoms with Crippen LogP contribution in [0.25, 0.3) is 0 Å². The quantitative estimate of drug-likeness (QED) is 0.822. The Morgan fingerprint density at radius 1 is 1.31 bits per heavy atom. The number of hydrogen-bond acceptors (Lipinski definition) is 5. The average molecular weight is 357 g/mol. The summed E-state index contributed by atoms with van der Waals surface area (Å²) in [5.41, 5.74) is 1.09. The Morgan fingerprint density at radius 3 is 2.96 bits per heavy atom. The molecule has 1 spiro atoms. The fourth-order valence-corrected chi connectivity index (χ4v) is 3.97. The van der Waals surface area contributed by atoms with Crippen LogP contribution < -0.4 is 4.74 Å². The maximum absolute atomic E-state index is 6.50. The molecule has 2 saturated heterocycles. The number of ether oxygens (including phenoxy) is 3. The lowest BCUT2D eigenvalue weighted by atomic mass is 10.00. The van der Waals surface area contributed by atoms with E-state index >= 15 is 0 Å². The summed E-state index contributed by atoms with van der Waals surface area (Å²) >= 11 is 0. The van der Waals surface area contributed by atoms with E-state index in [4.69, 9.17) is 14.2 Å². The summed E-state index contributed by atoms with van der Waals surface area (Å²) < 4.78 is 19.6. The first-order valence-electron chi connectivity index (χ1n) is 9.33. The molecule has 0 radical (unpaired) electrons. The molecule has 3 heterocycles. The van der Waals surface area contributed by atoms with Crippen molar-refractivity contribution < 1.29 is 14.2 Å². The first-order chi connectivity index (χ1) is 12.7. The summed E-state index contributed by atoms with van der Waals surface area (Å²) in [6, 6.07) is 10.3. The van der Waals surface area contributed by atoms with Gasteiger partial charge in [0, 0.05) is 32.0 Å². The maximum atomic E-state index is 6.50. The van der Waals surface area contributed by atoms with E-state index in [1.165, 1.54) is 5.56 Å². The first kappa shape index (κ1) is 17.5. The van der Waals surface area contributed by atoms with Crippen LogP contribution in [0.3, 0.4) is 0 Å². The molecular weight excluding hydrogens is 330 g/mol. The minimum atomic E-state index is -0.194. The number of rotatable bonds is 5. The molecule has 1 aromatic carbocycles. The Morgan fingerprint density at radius 2 is 2.19 bits per heavy atom. The van der Waals surface area contributed by atoms with Gasteiger partial charge in [0.2, 0.25) is 0 Å². The highest BCUT2D eigenvalue weighted by Crippen LogP contribution is 2.34. The summed E-state index contributed by atoms with van der Waals surface area (Å²) in [5, 5.41) is 4.30. The van der Waals surface area contributed by atoms with Crippen molar-refractivity contribution in [3.63, 3.8) is 0 Å². The lowest BCUT2D eigenvalue weighted by Gasteiger charge is -2.32. The maximum Gasteiger partial charge on any atom is 0.118 e. The summed E-state index contributed by atoms with van der Waals surface area (Å²) in [6.45, 7) is 5.00. The van der Waals surface area contributed by atoms with Crippen LogP contribution in [0.1, 0.15) is 18.4 Å². The topological polar surface area (TPSA) is 48.8 Å². The van der Waals surface area contributed by atoms with Crippen molar-refractivity contribution in [2.75, 3.05) is 33.4 Å². The van der Waals surface area contributed by atoms with Crippen molar-refractivity contribution in [2.24, 2.45) is 0 Å². The van der Waals surface area contributed by atoms with Crippen molar-refractivity contribution in [1.29, 1.82) is 0 Å². The molecule has 0 unspecified atom stereocenters. The van der Waals surface area contributed by atoms with E-state index in [2.05, 4.69) is 22.1 Å². The first-order valence-corrected chi connectivity index (χ1v) is 9.33. The van der Waals surface area contributed by atoms with Crippen LogP contribution in [-0.2, 0) is 22.6 Å². The van der Waals surface area contributed by atoms with E-state index in [0.717, 1.165) is 51.4 Å². The second-order valence-electron chi connectivity index (χ2n) is 7.30. The van der Waals surface area contributed by atoms with Crippen LogP contribution in [0, 0.1) is 0 Å². The van der Waals surface area contributed by atoms with Crippen molar-refractivity contribution >= 4 is 0 Å². The third kappa shape index (κ3) is 4.09. The molecule has 0 amide bonds. The molecule has 2 atom stereocenters. The predicted molar refractivity (Wildman–Crippen MR) is 98.2 cm³/mol. The summed E-state index contributed by atoms with van der Waals surface area (Å²) in [6.07, 6.45) is 6.11. The van der Waals surface area contributed by atoms with Gasteiger partial charge < -0.3 is 14.2 Å². The van der Waals surface area contributed by atoms with Gasteiger partial charge in [-0.2, -0.15) is 5.10 Å². The average Bonchev–Trinajstić information content (AvgIpc) is 3.25. The zero-order valence-corrected chi connectivity index (χ0v) is 15.3. The Kier molecular flexibility index (Phi) is 5.24. The van der Waals surface area contributed by atoms with E-state index in [9.17, 15) is 0 Å². The molecule has 6 heteroatoms. The molecule has 2 fully saturated rings. The molecule has 140 valence electrons. The number of aromatic nitrogens is 2. The fraction of sp³-hybridized carbons (Fsp3) is 0.550. The molecule has 2 aliphatic heterocycles. The molecule has 0 bridgehead atoms. The van der Waals surface area contributed by atoms with Gasteiger partial charge in [-0.15, -0.1) is 0 Å². The number of methoxy groups -OCH3 is 1. The molecule has 26 heavy (non-hydrogen) atoms. The van der Waals surface area contributed by atoms with Gasteiger partial charge in [-0.05, 0) is 36.6 Å². The van der Waals surface area contributed by atoms with Crippen LogP contribution in [0.2, 0.25) is 0 Å². The van der Waals surface area contributed by atoms with Crippen LogP contribution >= 0.6 is 0 Å². The lowest BCUT2D eigenvalue weighted by molar-refractivity contribution is -0.0904. The lowest BCUT2D eigenvalue weighted by Crippen LogP contribution is -2.44. The number of hydrogen-bond donors (Lipinski definition) is 0. The van der Waals surface area contributed by atoms with E-state index < -0.39 is 0 Å². The molecule has 1 aromatic heterocycles. The molecule has 4 rings (SSSR count). The largest absolute Gasteiger partial charge is 0.497 e. The summed E-state index contributed by atoms with van der Waals surface area (Å²) in [5.74, 6) is 0.894. The second kappa shape index (κ2) is 7.78. The standard InChI is InChI=1S/C20H27N3O3/c1-24-18-5-3-17(4-6-18)13-22-11-12-25-16-20(15-22)8-7-19(26-20)14-23-10-2-9-21-23/h2-6,9-10,19H,7-8,11-16H2,1H3/t19-,20-/m1/s1. The van der Waals surface area contributed by atoms with Gasteiger partial charge in [-0.1, -0.05) is 12.1 Å². The number of benzene rings is 1. The van der Waals surface area contributed by atoms with Crippen LogP contribution in [0.4, 0.5) is 0 Å². The molecule has 2 aromatic rings. The van der Waals surface area contributed by atoms with E-state index in [0.29, 0.717) is 6.61 Å². The van der Waals surface area contributed by atoms with Gasteiger partial charge >= 0.3 is 0 Å². The van der Waals surface area contributed by atoms with Gasteiger partial charge in [-0.3, -0.25) is 9.58 Å². The van der Waals surface area contributed by atoms with E-state index in [1.54, 1.807) is 7.11 Å². The molecule has 0 N–H and O–H groups in total. The predicted octanol–water partition coefficient (Wildman–Crippen LogP) is 2.34. The van der Waals surface area contributed by atoms with Crippen molar-refractivity contribution in [2.45, 2.75) is 37.6 Å². The zero-order chi connectivity index (χ0) is 17.8. The fourth-order valence-electron chi connectivity index (χ4n) is 3.97. The van der Waals surface area contributed by atoms with Gasteiger partial charge in [0.25, 0.3) is 0 Å². The van der Waals surface area contributed by atoms with Crippen molar-refractivity contribution in [3.05, 3.63) is 48.3 Å². The van der Waals surface area contributed by atoms with Gasteiger partial charge in [0.15, 0.2) is 0 Å². The second-order valence-corrected chi connectivity index (χ2v) is 7.30. The van der Waals surface area contributed by atoms with Crippen LogP contribution in [0.15, 0.2) is 42.7 Å². The third-order valence-corrected chi connectivity index (χ3v) is 5.28. The Balaban J connectivity index is 1.39. The smallest absolute Gasteiger partial charge is 0.118 e. The van der Waals surface area contributed by atoms with Crippen molar-refractivity contribution in [1.82, 2.24) is 14.7 Å². The zero-order valence-electron chi connectivity index (χ0n) is 15.3. The normalized spacial score (nSPS) is 26.9. The van der Waals surface area contributed by atoms with Gasteiger partial charge in [0.05, 0.1) is 33.0 Å². The van der Waals surface area contributed by atoms with Crippen LogP contribution in [0.5, 0.6) is 5.75 Å².